The lowest BCUT2D eigenvalue weighted by Crippen LogP contribution is -2.38. The number of carbonyl (C=O) groups is 1. The number of nitrogens with two attached hydrogens (primary N) is 1. The van der Waals surface area contributed by atoms with Crippen molar-refractivity contribution in [1.29, 1.82) is 0 Å². The van der Waals surface area contributed by atoms with Crippen LogP contribution in [0, 0.1) is 0 Å². The van der Waals surface area contributed by atoms with Crippen molar-refractivity contribution < 1.29 is 9.53 Å². The number of ether oxygens (including phenoxy) is 1. The van der Waals surface area contributed by atoms with Crippen molar-refractivity contribution in [3.63, 3.8) is 0 Å². The Hall–Kier alpha value is -3.22. The molecule has 0 spiro atoms. The molecule has 1 heterocycles. The summed E-state index contributed by atoms with van der Waals surface area (Å²) in [5.41, 5.74) is 8.66. The highest BCUT2D eigenvalue weighted by Crippen LogP contribution is 2.24. The molecule has 0 radical (unpaired) electrons. The van der Waals surface area contributed by atoms with Crippen LogP contribution >= 0.6 is 0 Å². The van der Waals surface area contributed by atoms with Gasteiger partial charge in [0.25, 0.3) is 5.91 Å². The van der Waals surface area contributed by atoms with Gasteiger partial charge in [-0.15, -0.1) is 0 Å². The van der Waals surface area contributed by atoms with E-state index in [4.69, 9.17) is 15.5 Å². The van der Waals surface area contributed by atoms with Crippen LogP contribution < -0.4 is 26.0 Å². The Morgan fingerprint density at radius 2 is 1.97 bits per heavy atom. The monoisotopic (exact) mass is 423 g/mol. The zero-order chi connectivity index (χ0) is 22.1. The fraction of sp³-hybridized carbons (Fsp3) is 0.417. The summed E-state index contributed by atoms with van der Waals surface area (Å²) in [6.07, 6.45) is 2.54. The topological polar surface area (TPSA) is 92.0 Å². The van der Waals surface area contributed by atoms with Crippen molar-refractivity contribution in [2.75, 3.05) is 31.1 Å². The number of benzene rings is 2. The van der Waals surface area contributed by atoms with E-state index < -0.39 is 5.91 Å². The summed E-state index contributed by atoms with van der Waals surface area (Å²) in [7, 11) is 0. The molecular formula is C24H33N5O2. The minimum absolute atomic E-state index is 0.116. The molecule has 1 atom stereocenters. The van der Waals surface area contributed by atoms with Gasteiger partial charge < -0.3 is 26.0 Å². The molecule has 3 rings (SSSR count). The van der Waals surface area contributed by atoms with Crippen LogP contribution in [0.15, 0.2) is 53.5 Å². The van der Waals surface area contributed by atoms with E-state index in [9.17, 15) is 4.79 Å². The van der Waals surface area contributed by atoms with Crippen LogP contribution in [0.3, 0.4) is 0 Å². The quantitative estimate of drug-likeness (QED) is 0.426. The summed E-state index contributed by atoms with van der Waals surface area (Å²) < 4.78 is 5.38. The molecule has 1 amide bonds. The third kappa shape index (κ3) is 6.91. The number of hydrogen-bond acceptors (Lipinski definition) is 4. The second-order valence-corrected chi connectivity index (χ2v) is 7.75. The van der Waals surface area contributed by atoms with Crippen LogP contribution in [0.4, 0.5) is 5.69 Å². The summed E-state index contributed by atoms with van der Waals surface area (Å²) in [5, 5.41) is 6.82. The molecule has 166 valence electrons. The highest BCUT2D eigenvalue weighted by atomic mass is 16.5. The molecule has 7 nitrogen and oxygen atoms in total. The van der Waals surface area contributed by atoms with Crippen molar-refractivity contribution in [1.82, 2.24) is 10.6 Å². The summed E-state index contributed by atoms with van der Waals surface area (Å²) >= 11 is 0. The van der Waals surface area contributed by atoms with Crippen molar-refractivity contribution in [3.8, 4) is 5.75 Å². The van der Waals surface area contributed by atoms with E-state index >= 15 is 0 Å². The summed E-state index contributed by atoms with van der Waals surface area (Å²) in [4.78, 5) is 18.1. The van der Waals surface area contributed by atoms with E-state index in [2.05, 4.69) is 46.7 Å². The van der Waals surface area contributed by atoms with Gasteiger partial charge in [0.2, 0.25) is 0 Å². The number of hydrogen-bond donors (Lipinski definition) is 3. The summed E-state index contributed by atoms with van der Waals surface area (Å²) in [5.74, 6) is 0.867. The van der Waals surface area contributed by atoms with Gasteiger partial charge in [-0.1, -0.05) is 24.3 Å². The van der Waals surface area contributed by atoms with Gasteiger partial charge in [0.05, 0.1) is 12.6 Å². The maximum absolute atomic E-state index is 10.9. The predicted octanol–water partition coefficient (Wildman–Crippen LogP) is 2.97. The Morgan fingerprint density at radius 1 is 1.19 bits per heavy atom. The Bertz CT molecular complexity index is 893. The first kappa shape index (κ1) is 22.5. The van der Waals surface area contributed by atoms with Gasteiger partial charge >= 0.3 is 0 Å². The van der Waals surface area contributed by atoms with E-state index in [1.54, 1.807) is 6.07 Å². The number of aliphatic imine (C=N–C) groups is 1. The lowest BCUT2D eigenvalue weighted by Gasteiger charge is -2.22. The molecule has 1 saturated heterocycles. The van der Waals surface area contributed by atoms with Gasteiger partial charge in [-0.25, -0.2) is 4.99 Å². The van der Waals surface area contributed by atoms with Gasteiger partial charge in [-0.05, 0) is 62.1 Å². The van der Waals surface area contributed by atoms with Crippen LogP contribution in [-0.4, -0.2) is 38.1 Å². The first-order chi connectivity index (χ1) is 15.0. The molecule has 0 aliphatic carbocycles. The van der Waals surface area contributed by atoms with Crippen LogP contribution in [0.1, 0.15) is 43.9 Å². The van der Waals surface area contributed by atoms with E-state index in [0.29, 0.717) is 12.3 Å². The maximum Gasteiger partial charge on any atom is 0.255 e. The highest BCUT2D eigenvalue weighted by Gasteiger charge is 2.14. The van der Waals surface area contributed by atoms with Crippen LogP contribution in [-0.2, 0) is 11.3 Å². The molecule has 0 bridgehead atoms. The Balaban J connectivity index is 1.65. The van der Waals surface area contributed by atoms with E-state index in [-0.39, 0.29) is 12.6 Å². The third-order valence-corrected chi connectivity index (χ3v) is 5.24. The van der Waals surface area contributed by atoms with Crippen LogP contribution in [0.5, 0.6) is 5.75 Å². The SMILES string of the molecule is CCNC(=NCc1cccc(OCC(N)=O)c1)NC(C)c1cccc(N2CCCC2)c1. The van der Waals surface area contributed by atoms with Crippen LogP contribution in [0.2, 0.25) is 0 Å². The fourth-order valence-electron chi connectivity index (χ4n) is 3.63. The Morgan fingerprint density at radius 3 is 2.71 bits per heavy atom. The average molecular weight is 424 g/mol. The van der Waals surface area contributed by atoms with Crippen molar-refractivity contribution in [3.05, 3.63) is 59.7 Å². The molecule has 1 unspecified atom stereocenters. The third-order valence-electron chi connectivity index (χ3n) is 5.24. The Labute approximate surface area is 184 Å². The predicted molar refractivity (Wildman–Crippen MR) is 125 cm³/mol. The number of guanidine groups is 1. The molecule has 4 N–H and O–H groups in total. The largest absolute Gasteiger partial charge is 0.484 e. The normalized spacial score (nSPS) is 14.9. The smallest absolute Gasteiger partial charge is 0.255 e. The zero-order valence-electron chi connectivity index (χ0n) is 18.4. The highest BCUT2D eigenvalue weighted by molar-refractivity contribution is 5.80. The molecule has 0 saturated carbocycles. The molecular weight excluding hydrogens is 390 g/mol. The minimum Gasteiger partial charge on any atom is -0.484 e. The van der Waals surface area contributed by atoms with E-state index in [1.165, 1.54) is 24.1 Å². The fourth-order valence-corrected chi connectivity index (χ4v) is 3.63. The average Bonchev–Trinajstić information content (AvgIpc) is 3.32. The summed E-state index contributed by atoms with van der Waals surface area (Å²) in [6.45, 7) is 7.60. The standard InChI is InChI=1S/C24H33N5O2/c1-3-26-24(27-16-19-8-6-11-22(14-19)31-17-23(25)30)28-18(2)20-9-7-10-21(15-20)29-12-4-5-13-29/h6-11,14-15,18H,3-5,12-13,16-17H2,1-2H3,(H2,25,30)(H2,26,27,28). The van der Waals surface area contributed by atoms with Crippen molar-refractivity contribution in [2.45, 2.75) is 39.3 Å². The van der Waals surface area contributed by atoms with Crippen molar-refractivity contribution in [2.24, 2.45) is 10.7 Å². The number of nitrogens with one attached hydrogen (secondary N) is 2. The lowest BCUT2D eigenvalue weighted by atomic mass is 10.1. The maximum atomic E-state index is 10.9. The molecule has 7 heteroatoms. The number of amides is 1. The number of primary amides is 1. The van der Waals surface area contributed by atoms with E-state index in [1.807, 2.05) is 25.1 Å². The molecule has 2 aromatic rings. The van der Waals surface area contributed by atoms with Crippen molar-refractivity contribution >= 4 is 17.6 Å². The van der Waals surface area contributed by atoms with E-state index in [0.717, 1.165) is 31.2 Å². The molecule has 1 aliphatic rings. The second kappa shape index (κ2) is 11.2. The summed E-state index contributed by atoms with van der Waals surface area (Å²) in [6, 6.07) is 16.4. The number of rotatable bonds is 9. The van der Waals surface area contributed by atoms with Gasteiger partial charge in [-0.3, -0.25) is 4.79 Å². The first-order valence-corrected chi connectivity index (χ1v) is 10.9. The molecule has 0 aromatic heterocycles. The lowest BCUT2D eigenvalue weighted by molar-refractivity contribution is -0.119. The van der Waals surface area contributed by atoms with Gasteiger partial charge in [0.15, 0.2) is 12.6 Å². The van der Waals surface area contributed by atoms with Crippen LogP contribution in [0.25, 0.3) is 0 Å². The molecule has 2 aromatic carbocycles. The molecule has 31 heavy (non-hydrogen) atoms. The van der Waals surface area contributed by atoms with Gasteiger partial charge in [0.1, 0.15) is 5.75 Å². The number of carbonyl (C=O) groups excluding carboxylic acids is 1. The van der Waals surface area contributed by atoms with Gasteiger partial charge in [0, 0.05) is 25.3 Å². The van der Waals surface area contributed by atoms with Gasteiger partial charge in [-0.2, -0.15) is 0 Å². The minimum atomic E-state index is -0.496. The molecule has 1 fully saturated rings. The Kier molecular flexibility index (Phi) is 8.15. The zero-order valence-corrected chi connectivity index (χ0v) is 18.4. The second-order valence-electron chi connectivity index (χ2n) is 7.75. The molecule has 1 aliphatic heterocycles. The number of nitrogens with zero attached hydrogens (tertiary/aromatic N) is 2. The first-order valence-electron chi connectivity index (χ1n) is 10.9. The number of anilines is 1.